The summed E-state index contributed by atoms with van der Waals surface area (Å²) >= 11 is 0. The Labute approximate surface area is 116 Å². The Morgan fingerprint density at radius 1 is 1.21 bits per heavy atom. The van der Waals surface area contributed by atoms with Crippen molar-refractivity contribution < 1.29 is 14.7 Å². The molecule has 0 bridgehead atoms. The minimum absolute atomic E-state index is 0.0791. The van der Waals surface area contributed by atoms with Crippen LogP contribution in [-0.4, -0.2) is 35.0 Å². The van der Waals surface area contributed by atoms with Gasteiger partial charge in [0, 0.05) is 19.2 Å². The summed E-state index contributed by atoms with van der Waals surface area (Å²) in [7, 11) is 0. The van der Waals surface area contributed by atoms with Crippen molar-refractivity contribution in [3.05, 3.63) is 11.6 Å². The first kappa shape index (κ1) is 17.7. The lowest BCUT2D eigenvalue weighted by molar-refractivity contribution is -0.142. The minimum Gasteiger partial charge on any atom is -0.481 e. The summed E-state index contributed by atoms with van der Waals surface area (Å²) in [6.07, 6.45) is 5.89. The first-order valence-corrected chi connectivity index (χ1v) is 7.05. The van der Waals surface area contributed by atoms with Gasteiger partial charge in [-0.15, -0.1) is 0 Å². The van der Waals surface area contributed by atoms with Crippen LogP contribution in [0.1, 0.15) is 53.4 Å². The Balaban J connectivity index is 4.50. The number of nitrogens with zero attached hydrogens (tertiary/aromatic N) is 1. The monoisotopic (exact) mass is 269 g/mol. The summed E-state index contributed by atoms with van der Waals surface area (Å²) in [5.74, 6) is -1.46. The molecule has 0 aliphatic carbocycles. The van der Waals surface area contributed by atoms with Gasteiger partial charge in [-0.05, 0) is 20.3 Å². The summed E-state index contributed by atoms with van der Waals surface area (Å²) in [6, 6.07) is 0. The lowest BCUT2D eigenvalue weighted by Gasteiger charge is -2.23. The predicted octanol–water partition coefficient (Wildman–Crippen LogP) is 3.08. The topological polar surface area (TPSA) is 57.6 Å². The third kappa shape index (κ3) is 8.41. The first-order valence-electron chi connectivity index (χ1n) is 7.05. The van der Waals surface area contributed by atoms with E-state index in [1.54, 1.807) is 17.9 Å². The van der Waals surface area contributed by atoms with E-state index in [1.807, 2.05) is 13.8 Å². The van der Waals surface area contributed by atoms with E-state index in [-0.39, 0.29) is 12.5 Å². The van der Waals surface area contributed by atoms with E-state index in [0.717, 1.165) is 31.3 Å². The van der Waals surface area contributed by atoms with Gasteiger partial charge in [0.2, 0.25) is 5.91 Å². The molecule has 0 aromatic carbocycles. The Morgan fingerprint density at radius 3 is 2.32 bits per heavy atom. The molecule has 0 heterocycles. The summed E-state index contributed by atoms with van der Waals surface area (Å²) in [4.78, 5) is 24.6. The van der Waals surface area contributed by atoms with Gasteiger partial charge in [-0.25, -0.2) is 0 Å². The van der Waals surface area contributed by atoms with Crippen LogP contribution in [-0.2, 0) is 9.59 Å². The van der Waals surface area contributed by atoms with E-state index in [2.05, 4.69) is 6.92 Å². The minimum atomic E-state index is -0.858. The van der Waals surface area contributed by atoms with Gasteiger partial charge < -0.3 is 10.0 Å². The molecule has 0 fully saturated rings. The van der Waals surface area contributed by atoms with Crippen molar-refractivity contribution in [1.29, 1.82) is 0 Å². The zero-order valence-corrected chi connectivity index (χ0v) is 12.6. The van der Waals surface area contributed by atoms with Gasteiger partial charge in [-0.3, -0.25) is 9.59 Å². The van der Waals surface area contributed by atoms with Crippen LogP contribution >= 0.6 is 0 Å². The van der Waals surface area contributed by atoms with Gasteiger partial charge in [-0.2, -0.15) is 0 Å². The molecule has 0 aliphatic heterocycles. The second kappa shape index (κ2) is 9.59. The van der Waals surface area contributed by atoms with E-state index in [0.29, 0.717) is 6.54 Å². The standard InChI is InChI=1S/C15H27NO3/c1-5-6-7-8-9-16(11-13(4)15(18)19)14(17)10-12(2)3/h10,13H,5-9,11H2,1-4H3,(H,18,19). The van der Waals surface area contributed by atoms with Crippen molar-refractivity contribution in [2.45, 2.75) is 53.4 Å². The summed E-state index contributed by atoms with van der Waals surface area (Å²) < 4.78 is 0. The van der Waals surface area contributed by atoms with E-state index in [9.17, 15) is 9.59 Å². The van der Waals surface area contributed by atoms with Crippen LogP contribution < -0.4 is 0 Å². The Morgan fingerprint density at radius 2 is 1.84 bits per heavy atom. The van der Waals surface area contributed by atoms with Crippen molar-refractivity contribution in [2.24, 2.45) is 5.92 Å². The Kier molecular flexibility index (Phi) is 8.92. The number of carboxylic acids is 1. The molecule has 0 rings (SSSR count). The number of carbonyl (C=O) groups is 2. The summed E-state index contributed by atoms with van der Waals surface area (Å²) in [5, 5.41) is 8.95. The number of aliphatic carboxylic acids is 1. The largest absolute Gasteiger partial charge is 0.481 e. The first-order chi connectivity index (χ1) is 8.88. The fraction of sp³-hybridized carbons (Fsp3) is 0.733. The zero-order chi connectivity index (χ0) is 14.8. The predicted molar refractivity (Wildman–Crippen MR) is 77.0 cm³/mol. The molecule has 19 heavy (non-hydrogen) atoms. The van der Waals surface area contributed by atoms with E-state index in [1.165, 1.54) is 0 Å². The number of amides is 1. The van der Waals surface area contributed by atoms with Crippen molar-refractivity contribution in [3.8, 4) is 0 Å². The molecule has 0 saturated heterocycles. The molecule has 1 N–H and O–H groups in total. The van der Waals surface area contributed by atoms with E-state index >= 15 is 0 Å². The molecule has 4 heteroatoms. The number of carboxylic acid groups (broad SMARTS) is 1. The molecular weight excluding hydrogens is 242 g/mol. The van der Waals surface area contributed by atoms with Crippen LogP contribution in [0.25, 0.3) is 0 Å². The zero-order valence-electron chi connectivity index (χ0n) is 12.6. The maximum atomic E-state index is 12.0. The van der Waals surface area contributed by atoms with Gasteiger partial charge in [0.25, 0.3) is 0 Å². The maximum Gasteiger partial charge on any atom is 0.308 e. The van der Waals surface area contributed by atoms with Gasteiger partial charge in [0.15, 0.2) is 0 Å². The molecule has 4 nitrogen and oxygen atoms in total. The molecule has 0 aromatic rings. The third-order valence-corrected chi connectivity index (χ3v) is 2.92. The van der Waals surface area contributed by atoms with E-state index < -0.39 is 11.9 Å². The number of rotatable bonds is 9. The molecule has 110 valence electrons. The van der Waals surface area contributed by atoms with Crippen LogP contribution in [0.3, 0.4) is 0 Å². The molecule has 0 radical (unpaired) electrons. The lowest BCUT2D eigenvalue weighted by Crippen LogP contribution is -2.36. The Bertz CT molecular complexity index is 319. The summed E-state index contributed by atoms with van der Waals surface area (Å²) in [6.45, 7) is 8.43. The third-order valence-electron chi connectivity index (χ3n) is 2.92. The SMILES string of the molecule is CCCCCCN(CC(C)C(=O)O)C(=O)C=C(C)C. The maximum absolute atomic E-state index is 12.0. The quantitative estimate of drug-likeness (QED) is 0.517. The molecule has 0 aromatic heterocycles. The van der Waals surface area contributed by atoms with Crippen LogP contribution in [0.4, 0.5) is 0 Å². The number of carbonyl (C=O) groups excluding carboxylic acids is 1. The van der Waals surface area contributed by atoms with Gasteiger partial charge in [0.1, 0.15) is 0 Å². The highest BCUT2D eigenvalue weighted by atomic mass is 16.4. The van der Waals surface area contributed by atoms with E-state index in [4.69, 9.17) is 5.11 Å². The van der Waals surface area contributed by atoms with Crippen LogP contribution in [0.5, 0.6) is 0 Å². The smallest absolute Gasteiger partial charge is 0.308 e. The molecule has 0 aliphatic rings. The number of allylic oxidation sites excluding steroid dienone is 1. The van der Waals surface area contributed by atoms with Gasteiger partial charge >= 0.3 is 5.97 Å². The molecule has 1 atom stereocenters. The van der Waals surface area contributed by atoms with Crippen molar-refractivity contribution >= 4 is 11.9 Å². The van der Waals surface area contributed by atoms with Gasteiger partial charge in [-0.1, -0.05) is 38.7 Å². The molecular formula is C15H27NO3. The Hall–Kier alpha value is -1.32. The van der Waals surface area contributed by atoms with Crippen LogP contribution in [0.15, 0.2) is 11.6 Å². The fourth-order valence-corrected chi connectivity index (χ4v) is 1.77. The van der Waals surface area contributed by atoms with Crippen LogP contribution in [0, 0.1) is 5.92 Å². The van der Waals surface area contributed by atoms with Crippen LogP contribution in [0.2, 0.25) is 0 Å². The average molecular weight is 269 g/mol. The molecule has 1 amide bonds. The van der Waals surface area contributed by atoms with Gasteiger partial charge in [0.05, 0.1) is 5.92 Å². The second-order valence-corrected chi connectivity index (χ2v) is 5.31. The normalized spacial score (nSPS) is 11.8. The van der Waals surface area contributed by atoms with Crippen molar-refractivity contribution in [2.75, 3.05) is 13.1 Å². The van der Waals surface area contributed by atoms with Crippen molar-refractivity contribution in [3.63, 3.8) is 0 Å². The summed E-state index contributed by atoms with van der Waals surface area (Å²) in [5.41, 5.74) is 0.937. The highest BCUT2D eigenvalue weighted by Gasteiger charge is 2.18. The highest BCUT2D eigenvalue weighted by Crippen LogP contribution is 2.07. The lowest BCUT2D eigenvalue weighted by atomic mass is 10.1. The average Bonchev–Trinajstić information content (AvgIpc) is 2.31. The molecule has 1 unspecified atom stereocenters. The second-order valence-electron chi connectivity index (χ2n) is 5.31. The fourth-order valence-electron chi connectivity index (χ4n) is 1.77. The number of hydrogen-bond acceptors (Lipinski definition) is 2. The number of hydrogen-bond donors (Lipinski definition) is 1. The highest BCUT2D eigenvalue weighted by molar-refractivity contribution is 5.88. The van der Waals surface area contributed by atoms with Crippen molar-refractivity contribution in [1.82, 2.24) is 4.90 Å². The molecule has 0 saturated carbocycles. The number of unbranched alkanes of at least 4 members (excludes halogenated alkanes) is 3. The molecule has 0 spiro atoms.